The smallest absolute Gasteiger partial charge is 0.338 e. The summed E-state index contributed by atoms with van der Waals surface area (Å²) < 4.78 is 10.1. The monoisotopic (exact) mass is 329 g/mol. The number of aryl methyl sites for hydroxylation is 1. The molecule has 0 bridgehead atoms. The zero-order valence-electron chi connectivity index (χ0n) is 13.4. The molecule has 0 N–H and O–H groups in total. The van der Waals surface area contributed by atoms with E-state index in [9.17, 15) is 14.9 Å². The van der Waals surface area contributed by atoms with Crippen LogP contribution in [0.3, 0.4) is 0 Å². The van der Waals surface area contributed by atoms with Crippen molar-refractivity contribution < 1.29 is 19.2 Å². The Bertz CT molecular complexity index is 670. The lowest BCUT2D eigenvalue weighted by molar-refractivity contribution is -0.526. The summed E-state index contributed by atoms with van der Waals surface area (Å²) in [5, 5.41) is 11.2. The van der Waals surface area contributed by atoms with Crippen molar-refractivity contribution in [1.29, 1.82) is 0 Å². The van der Waals surface area contributed by atoms with Gasteiger partial charge in [-0.25, -0.2) is 4.79 Å². The Hall–Kier alpha value is -2.89. The second-order valence-corrected chi connectivity index (χ2v) is 5.29. The summed E-state index contributed by atoms with van der Waals surface area (Å²) >= 11 is 0. The van der Waals surface area contributed by atoms with E-state index in [0.29, 0.717) is 24.2 Å². The van der Waals surface area contributed by atoms with E-state index >= 15 is 0 Å². The van der Waals surface area contributed by atoms with Gasteiger partial charge in [0, 0.05) is 11.3 Å². The SMILES string of the molecule is COc1ccc(C(=O)OCC(CCc2ccccc2)[N+](=O)[O-])cc1. The highest BCUT2D eigenvalue weighted by Crippen LogP contribution is 2.13. The number of rotatable bonds is 8. The second kappa shape index (κ2) is 8.67. The Morgan fingerprint density at radius 1 is 1.12 bits per heavy atom. The largest absolute Gasteiger partial charge is 0.497 e. The van der Waals surface area contributed by atoms with E-state index in [2.05, 4.69) is 0 Å². The number of ether oxygens (including phenoxy) is 2. The number of methoxy groups -OCH3 is 1. The Labute approximate surface area is 140 Å². The van der Waals surface area contributed by atoms with Crippen molar-refractivity contribution >= 4 is 5.97 Å². The van der Waals surface area contributed by atoms with Gasteiger partial charge >= 0.3 is 5.97 Å². The first-order chi connectivity index (χ1) is 11.6. The van der Waals surface area contributed by atoms with E-state index in [1.165, 1.54) is 7.11 Å². The molecule has 1 unspecified atom stereocenters. The molecule has 0 aromatic heterocycles. The fraction of sp³-hybridized carbons (Fsp3) is 0.278. The van der Waals surface area contributed by atoms with Gasteiger partial charge < -0.3 is 9.47 Å². The third-order valence-electron chi connectivity index (χ3n) is 3.64. The molecule has 2 rings (SSSR count). The number of nitrogens with zero attached hydrogens (tertiary/aromatic N) is 1. The first kappa shape index (κ1) is 17.5. The maximum atomic E-state index is 12.0. The molecule has 6 nitrogen and oxygen atoms in total. The molecule has 0 aliphatic carbocycles. The standard InChI is InChI=1S/C18H19NO5/c1-23-17-11-8-15(9-12-17)18(20)24-13-16(19(21)22)10-7-14-5-3-2-4-6-14/h2-6,8-9,11-12,16H,7,10,13H2,1H3. The Balaban J connectivity index is 1.88. The predicted molar refractivity (Wildman–Crippen MR) is 88.8 cm³/mol. The zero-order chi connectivity index (χ0) is 17.4. The average molecular weight is 329 g/mol. The molecule has 0 amide bonds. The molecule has 126 valence electrons. The predicted octanol–water partition coefficient (Wildman–Crippen LogP) is 3.13. The molecule has 1 atom stereocenters. The highest BCUT2D eigenvalue weighted by Gasteiger charge is 2.22. The van der Waals surface area contributed by atoms with Crippen molar-refractivity contribution in [2.45, 2.75) is 18.9 Å². The highest BCUT2D eigenvalue weighted by atomic mass is 16.6. The van der Waals surface area contributed by atoms with Crippen LogP contribution in [0.1, 0.15) is 22.3 Å². The van der Waals surface area contributed by atoms with Crippen molar-refractivity contribution in [1.82, 2.24) is 0 Å². The Kier molecular flexibility index (Phi) is 6.31. The Morgan fingerprint density at radius 3 is 2.38 bits per heavy atom. The van der Waals surface area contributed by atoms with Crippen LogP contribution in [0, 0.1) is 10.1 Å². The quantitative estimate of drug-likeness (QED) is 0.422. The van der Waals surface area contributed by atoms with Gasteiger partial charge in [-0.3, -0.25) is 10.1 Å². The van der Waals surface area contributed by atoms with Gasteiger partial charge in [0.05, 0.1) is 12.7 Å². The molecule has 0 saturated carbocycles. The lowest BCUT2D eigenvalue weighted by Gasteiger charge is -2.11. The molecule has 0 fully saturated rings. The van der Waals surface area contributed by atoms with E-state index in [4.69, 9.17) is 9.47 Å². The van der Waals surface area contributed by atoms with Gasteiger partial charge in [-0.05, 0) is 36.2 Å². The minimum atomic E-state index is -0.924. The molecular weight excluding hydrogens is 310 g/mol. The fourth-order valence-electron chi connectivity index (χ4n) is 2.21. The highest BCUT2D eigenvalue weighted by molar-refractivity contribution is 5.89. The van der Waals surface area contributed by atoms with Crippen LogP contribution in [-0.4, -0.2) is 30.7 Å². The molecule has 0 saturated heterocycles. The van der Waals surface area contributed by atoms with Gasteiger partial charge in [0.25, 0.3) is 0 Å². The topological polar surface area (TPSA) is 78.7 Å². The summed E-state index contributed by atoms with van der Waals surface area (Å²) in [7, 11) is 1.53. The van der Waals surface area contributed by atoms with Gasteiger partial charge in [0.15, 0.2) is 6.61 Å². The lowest BCUT2D eigenvalue weighted by atomic mass is 10.1. The summed E-state index contributed by atoms with van der Waals surface area (Å²) in [5.74, 6) is 0.0433. The minimum absolute atomic E-state index is 0.245. The van der Waals surface area contributed by atoms with E-state index in [0.717, 1.165) is 5.56 Å². The normalized spacial score (nSPS) is 11.5. The third kappa shape index (κ3) is 5.08. The summed E-state index contributed by atoms with van der Waals surface area (Å²) in [4.78, 5) is 22.7. The molecule has 0 heterocycles. The minimum Gasteiger partial charge on any atom is -0.497 e. The summed E-state index contributed by atoms with van der Waals surface area (Å²) in [5.41, 5.74) is 1.35. The third-order valence-corrected chi connectivity index (χ3v) is 3.64. The number of carbonyl (C=O) groups is 1. The molecule has 2 aromatic carbocycles. The molecule has 2 aromatic rings. The van der Waals surface area contributed by atoms with Gasteiger partial charge in [-0.1, -0.05) is 30.3 Å². The molecular formula is C18H19NO5. The summed E-state index contributed by atoms with van der Waals surface area (Å²) in [6.45, 7) is -0.245. The number of benzene rings is 2. The summed E-state index contributed by atoms with van der Waals surface area (Å²) in [6.07, 6.45) is 0.874. The van der Waals surface area contributed by atoms with E-state index < -0.39 is 16.9 Å². The first-order valence-corrected chi connectivity index (χ1v) is 7.58. The van der Waals surface area contributed by atoms with E-state index in [1.807, 2.05) is 30.3 Å². The molecule has 0 spiro atoms. The molecule has 24 heavy (non-hydrogen) atoms. The molecule has 0 radical (unpaired) electrons. The van der Waals surface area contributed by atoms with Crippen molar-refractivity contribution in [3.63, 3.8) is 0 Å². The molecule has 0 aliphatic rings. The van der Waals surface area contributed by atoms with Crippen molar-refractivity contribution in [2.75, 3.05) is 13.7 Å². The maximum Gasteiger partial charge on any atom is 0.338 e. The van der Waals surface area contributed by atoms with Crippen LogP contribution >= 0.6 is 0 Å². The van der Waals surface area contributed by atoms with Crippen LogP contribution in [0.15, 0.2) is 54.6 Å². The van der Waals surface area contributed by atoms with Crippen molar-refractivity contribution in [3.05, 3.63) is 75.8 Å². The summed E-state index contributed by atoms with van der Waals surface area (Å²) in [6, 6.07) is 15.0. The fourth-order valence-corrected chi connectivity index (χ4v) is 2.21. The van der Waals surface area contributed by atoms with Gasteiger partial charge in [0.2, 0.25) is 6.04 Å². The van der Waals surface area contributed by atoms with Crippen molar-refractivity contribution in [3.8, 4) is 5.75 Å². The number of carbonyl (C=O) groups excluding carboxylic acids is 1. The number of hydrogen-bond donors (Lipinski definition) is 0. The lowest BCUT2D eigenvalue weighted by Crippen LogP contribution is -2.27. The zero-order valence-corrected chi connectivity index (χ0v) is 13.4. The van der Waals surface area contributed by atoms with Crippen LogP contribution in [0.25, 0.3) is 0 Å². The van der Waals surface area contributed by atoms with Gasteiger partial charge in [-0.2, -0.15) is 0 Å². The first-order valence-electron chi connectivity index (χ1n) is 7.58. The number of hydrogen-bond acceptors (Lipinski definition) is 5. The van der Waals surface area contributed by atoms with E-state index in [1.54, 1.807) is 24.3 Å². The van der Waals surface area contributed by atoms with Crippen molar-refractivity contribution in [2.24, 2.45) is 0 Å². The molecule has 0 aliphatic heterocycles. The van der Waals surface area contributed by atoms with Crippen LogP contribution < -0.4 is 4.74 Å². The van der Waals surface area contributed by atoms with E-state index in [-0.39, 0.29) is 6.61 Å². The van der Waals surface area contributed by atoms with Crippen LogP contribution in [0.4, 0.5) is 0 Å². The Morgan fingerprint density at radius 2 is 1.79 bits per heavy atom. The van der Waals surface area contributed by atoms with Gasteiger partial charge in [0.1, 0.15) is 5.75 Å². The second-order valence-electron chi connectivity index (χ2n) is 5.29. The van der Waals surface area contributed by atoms with Gasteiger partial charge in [-0.15, -0.1) is 0 Å². The molecule has 6 heteroatoms. The van der Waals surface area contributed by atoms with Crippen LogP contribution in [0.5, 0.6) is 5.75 Å². The van der Waals surface area contributed by atoms with Crippen LogP contribution in [-0.2, 0) is 11.2 Å². The van der Waals surface area contributed by atoms with Crippen LogP contribution in [0.2, 0.25) is 0 Å². The number of nitro groups is 1. The number of esters is 1. The maximum absolute atomic E-state index is 12.0. The average Bonchev–Trinajstić information content (AvgIpc) is 2.62.